The van der Waals surface area contributed by atoms with Gasteiger partial charge in [0.05, 0.1) is 6.20 Å². The molecule has 1 unspecified atom stereocenters. The molecule has 110 valence electrons. The maximum atomic E-state index is 13.7. The van der Waals surface area contributed by atoms with Crippen LogP contribution in [-0.2, 0) is 4.79 Å². The van der Waals surface area contributed by atoms with Crippen LogP contribution in [0.15, 0.2) is 6.20 Å². The Morgan fingerprint density at radius 3 is 2.85 bits per heavy atom. The topological polar surface area (TPSA) is 70.2 Å². The van der Waals surface area contributed by atoms with Crippen LogP contribution in [0.25, 0.3) is 0 Å². The fourth-order valence-electron chi connectivity index (χ4n) is 2.19. The molecule has 0 aliphatic carbocycles. The summed E-state index contributed by atoms with van der Waals surface area (Å²) in [5.41, 5.74) is 0. The van der Waals surface area contributed by atoms with E-state index < -0.39 is 11.9 Å². The predicted octanol–water partition coefficient (Wildman–Crippen LogP) is 1.47. The van der Waals surface area contributed by atoms with Crippen LogP contribution in [0.3, 0.4) is 0 Å². The van der Waals surface area contributed by atoms with Crippen molar-refractivity contribution < 1.29 is 9.18 Å². The van der Waals surface area contributed by atoms with Crippen LogP contribution in [0.1, 0.15) is 26.7 Å². The van der Waals surface area contributed by atoms with Crippen molar-refractivity contribution in [2.45, 2.75) is 32.7 Å². The number of carbonyl (C=O) groups excluding carboxylic acids is 1. The first-order valence-electron chi connectivity index (χ1n) is 6.93. The highest BCUT2D eigenvalue weighted by Gasteiger charge is 2.24. The first kappa shape index (κ1) is 14.5. The van der Waals surface area contributed by atoms with Gasteiger partial charge < -0.3 is 15.5 Å². The zero-order valence-electron chi connectivity index (χ0n) is 11.8. The molecule has 1 amide bonds. The quantitative estimate of drug-likeness (QED) is 0.855. The summed E-state index contributed by atoms with van der Waals surface area (Å²) in [6, 6.07) is -0.507. The van der Waals surface area contributed by atoms with Crippen molar-refractivity contribution in [2.75, 3.05) is 30.3 Å². The van der Waals surface area contributed by atoms with Crippen LogP contribution in [0, 0.1) is 5.82 Å². The summed E-state index contributed by atoms with van der Waals surface area (Å²) in [5.74, 6) is -0.188. The third kappa shape index (κ3) is 3.34. The molecule has 1 saturated heterocycles. The number of rotatable bonds is 5. The molecule has 1 aliphatic rings. The molecule has 0 aromatic carbocycles. The number of halogens is 1. The highest BCUT2D eigenvalue weighted by Crippen LogP contribution is 2.15. The Morgan fingerprint density at radius 2 is 2.20 bits per heavy atom. The zero-order chi connectivity index (χ0) is 14.5. The van der Waals surface area contributed by atoms with Gasteiger partial charge in [-0.3, -0.25) is 4.79 Å². The lowest BCUT2D eigenvalue weighted by molar-refractivity contribution is -0.130. The SMILES string of the molecule is CCNc1ncc(F)c(NC(C)C(=O)N2CCCC2)n1. The fourth-order valence-corrected chi connectivity index (χ4v) is 2.19. The second kappa shape index (κ2) is 6.49. The van der Waals surface area contributed by atoms with E-state index in [1.807, 2.05) is 6.92 Å². The van der Waals surface area contributed by atoms with Crippen LogP contribution in [-0.4, -0.2) is 46.5 Å². The number of amides is 1. The molecule has 2 rings (SSSR count). The van der Waals surface area contributed by atoms with Gasteiger partial charge in [0.1, 0.15) is 6.04 Å². The Kier molecular flexibility index (Phi) is 4.70. The normalized spacial score (nSPS) is 16.1. The van der Waals surface area contributed by atoms with E-state index in [-0.39, 0.29) is 11.7 Å². The van der Waals surface area contributed by atoms with Crippen molar-refractivity contribution in [3.8, 4) is 0 Å². The molecule has 20 heavy (non-hydrogen) atoms. The number of nitrogens with zero attached hydrogens (tertiary/aromatic N) is 3. The van der Waals surface area contributed by atoms with E-state index in [2.05, 4.69) is 20.6 Å². The lowest BCUT2D eigenvalue weighted by atomic mass is 10.3. The van der Waals surface area contributed by atoms with Crippen LogP contribution in [0.2, 0.25) is 0 Å². The average Bonchev–Trinajstić information content (AvgIpc) is 2.96. The van der Waals surface area contributed by atoms with Gasteiger partial charge in [0.15, 0.2) is 11.6 Å². The molecule has 0 spiro atoms. The molecule has 6 nitrogen and oxygen atoms in total. The highest BCUT2D eigenvalue weighted by molar-refractivity contribution is 5.84. The van der Waals surface area contributed by atoms with E-state index in [0.29, 0.717) is 12.5 Å². The van der Waals surface area contributed by atoms with E-state index in [4.69, 9.17) is 0 Å². The van der Waals surface area contributed by atoms with Gasteiger partial charge in [0, 0.05) is 19.6 Å². The molecule has 0 saturated carbocycles. The molecular weight excluding hydrogens is 261 g/mol. The summed E-state index contributed by atoms with van der Waals surface area (Å²) in [6.45, 7) is 5.82. The minimum absolute atomic E-state index is 0.0227. The maximum Gasteiger partial charge on any atom is 0.244 e. The third-order valence-electron chi connectivity index (χ3n) is 3.22. The summed E-state index contributed by atoms with van der Waals surface area (Å²) in [6.07, 6.45) is 3.16. The van der Waals surface area contributed by atoms with Crippen LogP contribution >= 0.6 is 0 Å². The minimum atomic E-state index is -0.562. The van der Waals surface area contributed by atoms with E-state index in [0.717, 1.165) is 32.1 Å². The van der Waals surface area contributed by atoms with Crippen LogP contribution < -0.4 is 10.6 Å². The minimum Gasteiger partial charge on any atom is -0.356 e. The van der Waals surface area contributed by atoms with Crippen molar-refractivity contribution in [1.29, 1.82) is 0 Å². The Labute approximate surface area is 117 Å². The van der Waals surface area contributed by atoms with E-state index in [1.54, 1.807) is 11.8 Å². The molecule has 1 fully saturated rings. The van der Waals surface area contributed by atoms with Gasteiger partial charge in [-0.05, 0) is 26.7 Å². The number of nitrogens with one attached hydrogen (secondary N) is 2. The van der Waals surface area contributed by atoms with Gasteiger partial charge in [-0.15, -0.1) is 0 Å². The van der Waals surface area contributed by atoms with Gasteiger partial charge in [-0.2, -0.15) is 4.98 Å². The van der Waals surface area contributed by atoms with Gasteiger partial charge in [-0.25, -0.2) is 9.37 Å². The fraction of sp³-hybridized carbons (Fsp3) is 0.615. The number of likely N-dealkylation sites (tertiary alicyclic amines) is 1. The predicted molar refractivity (Wildman–Crippen MR) is 75.1 cm³/mol. The zero-order valence-corrected chi connectivity index (χ0v) is 11.8. The largest absolute Gasteiger partial charge is 0.356 e. The number of hydrogen-bond acceptors (Lipinski definition) is 5. The van der Waals surface area contributed by atoms with Crippen molar-refractivity contribution in [3.05, 3.63) is 12.0 Å². The Hall–Kier alpha value is -1.92. The first-order chi connectivity index (χ1) is 9.61. The third-order valence-corrected chi connectivity index (χ3v) is 3.22. The van der Waals surface area contributed by atoms with Gasteiger partial charge in [0.2, 0.25) is 11.9 Å². The van der Waals surface area contributed by atoms with E-state index in [9.17, 15) is 9.18 Å². The van der Waals surface area contributed by atoms with Gasteiger partial charge in [-0.1, -0.05) is 0 Å². The van der Waals surface area contributed by atoms with Crippen molar-refractivity contribution in [3.63, 3.8) is 0 Å². The van der Waals surface area contributed by atoms with Gasteiger partial charge in [0.25, 0.3) is 0 Å². The lowest BCUT2D eigenvalue weighted by Gasteiger charge is -2.21. The highest BCUT2D eigenvalue weighted by atomic mass is 19.1. The smallest absolute Gasteiger partial charge is 0.244 e. The van der Waals surface area contributed by atoms with Crippen molar-refractivity contribution in [1.82, 2.24) is 14.9 Å². The molecule has 2 N–H and O–H groups in total. The molecule has 2 heterocycles. The Morgan fingerprint density at radius 1 is 1.50 bits per heavy atom. The van der Waals surface area contributed by atoms with Crippen LogP contribution in [0.4, 0.5) is 16.2 Å². The van der Waals surface area contributed by atoms with E-state index in [1.165, 1.54) is 0 Å². The Balaban J connectivity index is 2.04. The molecule has 1 atom stereocenters. The maximum absolute atomic E-state index is 13.7. The number of carbonyl (C=O) groups is 1. The summed E-state index contributed by atoms with van der Waals surface area (Å²) < 4.78 is 13.7. The molecule has 1 aromatic heterocycles. The van der Waals surface area contributed by atoms with Crippen molar-refractivity contribution >= 4 is 17.7 Å². The first-order valence-corrected chi connectivity index (χ1v) is 6.93. The Bertz CT molecular complexity index is 476. The van der Waals surface area contributed by atoms with Crippen molar-refractivity contribution in [2.24, 2.45) is 0 Å². The molecule has 1 aliphatic heterocycles. The summed E-state index contributed by atoms with van der Waals surface area (Å²) in [4.78, 5) is 21.8. The average molecular weight is 281 g/mol. The summed E-state index contributed by atoms with van der Waals surface area (Å²) in [7, 11) is 0. The number of hydrogen-bond donors (Lipinski definition) is 2. The second-order valence-corrected chi connectivity index (χ2v) is 4.82. The molecule has 0 radical (unpaired) electrons. The molecule has 0 bridgehead atoms. The second-order valence-electron chi connectivity index (χ2n) is 4.82. The van der Waals surface area contributed by atoms with Crippen LogP contribution in [0.5, 0.6) is 0 Å². The number of aromatic nitrogens is 2. The van der Waals surface area contributed by atoms with Gasteiger partial charge >= 0.3 is 0 Å². The molecular formula is C13H20FN5O. The summed E-state index contributed by atoms with van der Waals surface area (Å²) in [5, 5.41) is 5.74. The van der Waals surface area contributed by atoms with E-state index >= 15 is 0 Å². The molecule has 7 heteroatoms. The standard InChI is InChI=1S/C13H20FN5O/c1-3-15-13-16-8-10(14)11(18-13)17-9(2)12(20)19-6-4-5-7-19/h8-9H,3-7H2,1-2H3,(H2,15,16,17,18). The number of anilines is 2. The molecule has 1 aromatic rings. The summed E-state index contributed by atoms with van der Waals surface area (Å²) >= 11 is 0. The lowest BCUT2D eigenvalue weighted by Crippen LogP contribution is -2.40. The monoisotopic (exact) mass is 281 g/mol.